The Bertz CT molecular complexity index is 1240. The Labute approximate surface area is 195 Å². The normalized spacial score (nSPS) is 16.8. The molecule has 33 heavy (non-hydrogen) atoms. The second-order valence-electron chi connectivity index (χ2n) is 8.48. The zero-order valence-corrected chi connectivity index (χ0v) is 19.2. The van der Waals surface area contributed by atoms with Crippen LogP contribution in [0.5, 0.6) is 5.75 Å². The van der Waals surface area contributed by atoms with Gasteiger partial charge < -0.3 is 24.4 Å². The number of fused-ring (bicyclic) bond motifs is 1. The Morgan fingerprint density at radius 1 is 1.24 bits per heavy atom. The topological polar surface area (TPSA) is 105 Å². The highest BCUT2D eigenvalue weighted by atomic mass is 35.5. The van der Waals surface area contributed by atoms with E-state index < -0.39 is 0 Å². The summed E-state index contributed by atoms with van der Waals surface area (Å²) < 4.78 is 6.94. The van der Waals surface area contributed by atoms with Crippen LogP contribution in [-0.2, 0) is 13.6 Å². The molecule has 2 aliphatic heterocycles. The molecule has 172 valence electrons. The minimum absolute atomic E-state index is 0.106. The first kappa shape index (κ1) is 21.4. The maximum absolute atomic E-state index is 13.2. The van der Waals surface area contributed by atoms with Crippen molar-refractivity contribution in [3.8, 4) is 5.75 Å². The third kappa shape index (κ3) is 3.64. The zero-order valence-electron chi connectivity index (χ0n) is 18.4. The van der Waals surface area contributed by atoms with Gasteiger partial charge in [0.25, 0.3) is 5.91 Å². The number of hydrogen-bond donors (Lipinski definition) is 1. The molecular formula is C22H24ClN7O3. The number of rotatable bonds is 4. The van der Waals surface area contributed by atoms with E-state index in [1.807, 2.05) is 4.90 Å². The van der Waals surface area contributed by atoms with Gasteiger partial charge in [-0.15, -0.1) is 0 Å². The largest absolute Gasteiger partial charge is 0.497 e. The van der Waals surface area contributed by atoms with Crippen LogP contribution in [0.1, 0.15) is 29.0 Å². The molecule has 11 heteroatoms. The summed E-state index contributed by atoms with van der Waals surface area (Å²) in [6.07, 6.45) is 4.81. The van der Waals surface area contributed by atoms with Crippen molar-refractivity contribution in [3.05, 3.63) is 47.3 Å². The first-order valence-electron chi connectivity index (χ1n) is 10.7. The highest BCUT2D eigenvalue weighted by molar-refractivity contribution is 6.34. The Balaban J connectivity index is 1.25. The van der Waals surface area contributed by atoms with Crippen LogP contribution in [-0.4, -0.2) is 73.5 Å². The van der Waals surface area contributed by atoms with Crippen LogP contribution in [0.3, 0.4) is 0 Å². The van der Waals surface area contributed by atoms with Crippen molar-refractivity contribution in [2.75, 3.05) is 26.7 Å². The van der Waals surface area contributed by atoms with Crippen LogP contribution in [0.4, 0.5) is 4.79 Å². The predicted molar refractivity (Wildman–Crippen MR) is 121 cm³/mol. The number of halogens is 1. The van der Waals surface area contributed by atoms with E-state index >= 15 is 0 Å². The molecule has 3 amide bonds. The molecule has 1 N–H and O–H groups in total. The fourth-order valence-corrected chi connectivity index (χ4v) is 4.99. The number of urea groups is 1. The zero-order chi connectivity index (χ0) is 23.2. The molecule has 3 aromatic heterocycles. The molecule has 2 fully saturated rings. The van der Waals surface area contributed by atoms with Crippen molar-refractivity contribution in [2.24, 2.45) is 7.05 Å². The van der Waals surface area contributed by atoms with Gasteiger partial charge in [0.05, 0.1) is 30.3 Å². The first-order chi connectivity index (χ1) is 15.9. The molecule has 3 aromatic rings. The summed E-state index contributed by atoms with van der Waals surface area (Å²) in [7, 11) is 3.38. The van der Waals surface area contributed by atoms with E-state index in [4.69, 9.17) is 16.3 Å². The Kier molecular flexibility index (Phi) is 5.32. The lowest BCUT2D eigenvalue weighted by Crippen LogP contribution is -2.70. The minimum atomic E-state index is -0.330. The van der Waals surface area contributed by atoms with Gasteiger partial charge in [-0.2, -0.15) is 0 Å². The number of hydrogen-bond acceptors (Lipinski definition) is 6. The Hall–Kier alpha value is -3.40. The van der Waals surface area contributed by atoms with Crippen molar-refractivity contribution in [1.29, 1.82) is 0 Å². The lowest BCUT2D eigenvalue weighted by molar-refractivity contribution is -0.00242. The molecule has 10 nitrogen and oxygen atoms in total. The van der Waals surface area contributed by atoms with Crippen molar-refractivity contribution in [2.45, 2.75) is 24.9 Å². The highest BCUT2D eigenvalue weighted by Crippen LogP contribution is 2.38. The number of methoxy groups -OCH3 is 1. The summed E-state index contributed by atoms with van der Waals surface area (Å²) in [5.41, 5.74) is 1.50. The second kappa shape index (κ2) is 8.18. The number of nitrogens with one attached hydrogen (secondary N) is 1. The number of ether oxygens (including phenoxy) is 1. The predicted octanol–water partition coefficient (Wildman–Crippen LogP) is 2.23. The van der Waals surface area contributed by atoms with Crippen molar-refractivity contribution in [1.82, 2.24) is 34.6 Å². The molecular weight excluding hydrogens is 446 g/mol. The van der Waals surface area contributed by atoms with E-state index in [2.05, 4.69) is 20.3 Å². The molecule has 0 atom stereocenters. The number of likely N-dealkylation sites (tertiary alicyclic amines) is 2. The fourth-order valence-electron chi connectivity index (χ4n) is 4.81. The van der Waals surface area contributed by atoms with Gasteiger partial charge in [-0.05, 0) is 25.0 Å². The monoisotopic (exact) mass is 469 g/mol. The molecule has 5 heterocycles. The fraction of sp³-hybridized carbons (Fsp3) is 0.409. The van der Waals surface area contributed by atoms with Crippen LogP contribution >= 0.6 is 11.6 Å². The third-order valence-corrected chi connectivity index (χ3v) is 6.84. The van der Waals surface area contributed by atoms with Crippen molar-refractivity contribution >= 4 is 34.6 Å². The minimum Gasteiger partial charge on any atom is -0.497 e. The molecule has 2 aliphatic rings. The number of nitrogens with zero attached hydrogens (tertiary/aromatic N) is 6. The first-order valence-corrected chi connectivity index (χ1v) is 11.1. The molecule has 1 spiro atoms. The van der Waals surface area contributed by atoms with Crippen LogP contribution in [0.25, 0.3) is 11.0 Å². The van der Waals surface area contributed by atoms with Gasteiger partial charge in [0.1, 0.15) is 28.6 Å². The summed E-state index contributed by atoms with van der Waals surface area (Å²) in [6, 6.07) is 5.14. The number of pyridine rings is 1. The average Bonchev–Trinajstić information content (AvgIpc) is 3.39. The molecule has 0 unspecified atom stereocenters. The van der Waals surface area contributed by atoms with E-state index in [1.165, 1.54) is 6.33 Å². The smallest absolute Gasteiger partial charge is 0.318 e. The molecule has 0 saturated carbocycles. The van der Waals surface area contributed by atoms with Gasteiger partial charge in [0, 0.05) is 38.9 Å². The van der Waals surface area contributed by atoms with Gasteiger partial charge in [0.15, 0.2) is 0 Å². The summed E-state index contributed by atoms with van der Waals surface area (Å²) in [6.45, 7) is 1.97. The quantitative estimate of drug-likeness (QED) is 0.587. The van der Waals surface area contributed by atoms with E-state index in [0.29, 0.717) is 53.8 Å². The van der Waals surface area contributed by atoms with Gasteiger partial charge in [-0.25, -0.2) is 14.8 Å². The summed E-state index contributed by atoms with van der Waals surface area (Å²) in [5.74, 6) is 0.589. The molecule has 0 bridgehead atoms. The highest BCUT2D eigenvalue weighted by Gasteiger charge is 2.53. The van der Waals surface area contributed by atoms with Gasteiger partial charge in [-0.3, -0.25) is 9.78 Å². The Morgan fingerprint density at radius 2 is 2.06 bits per heavy atom. The number of aromatic nitrogens is 4. The van der Waals surface area contributed by atoms with E-state index in [1.54, 1.807) is 48.0 Å². The van der Waals surface area contributed by atoms with Gasteiger partial charge >= 0.3 is 6.03 Å². The van der Waals surface area contributed by atoms with Crippen LogP contribution in [0.15, 0.2) is 30.7 Å². The number of aryl methyl sites for hydroxylation is 1. The molecule has 2 saturated heterocycles. The maximum atomic E-state index is 13.2. The van der Waals surface area contributed by atoms with Crippen LogP contribution in [0, 0.1) is 0 Å². The summed E-state index contributed by atoms with van der Waals surface area (Å²) in [5, 5.41) is 3.92. The van der Waals surface area contributed by atoms with Gasteiger partial charge in [0.2, 0.25) is 0 Å². The lowest BCUT2D eigenvalue weighted by Gasteiger charge is -2.52. The van der Waals surface area contributed by atoms with Crippen LogP contribution < -0.4 is 10.1 Å². The second-order valence-corrected chi connectivity index (χ2v) is 8.83. The summed E-state index contributed by atoms with van der Waals surface area (Å²) >= 11 is 6.17. The van der Waals surface area contributed by atoms with E-state index in [0.717, 1.165) is 18.5 Å². The average molecular weight is 470 g/mol. The third-order valence-electron chi connectivity index (χ3n) is 6.54. The van der Waals surface area contributed by atoms with Crippen molar-refractivity contribution < 1.29 is 14.3 Å². The van der Waals surface area contributed by atoms with Crippen molar-refractivity contribution in [3.63, 3.8) is 0 Å². The lowest BCUT2D eigenvalue weighted by atomic mass is 9.86. The van der Waals surface area contributed by atoms with Crippen LogP contribution in [0.2, 0.25) is 5.15 Å². The maximum Gasteiger partial charge on any atom is 0.318 e. The summed E-state index contributed by atoms with van der Waals surface area (Å²) in [4.78, 5) is 42.3. The molecule has 5 rings (SSSR count). The number of carbonyl (C=O) groups is 2. The number of amides is 3. The SMILES string of the molecule is COc1ccnc(CNC(=O)N2CCCC23CN(C(=O)c2cc4c(Cl)ncnc4n2C)C3)c1. The Morgan fingerprint density at radius 3 is 2.82 bits per heavy atom. The van der Waals surface area contributed by atoms with E-state index in [9.17, 15) is 9.59 Å². The molecule has 0 aliphatic carbocycles. The standard InChI is InChI=1S/C22H24ClN7O3/c1-28-17(9-16-18(23)26-13-27-19(16)28)20(31)29-11-22(12-29)5-3-7-30(22)21(32)25-10-14-8-15(33-2)4-6-24-14/h4,6,8-9,13H,3,5,7,10-12H2,1-2H3,(H,25,32). The van der Waals surface area contributed by atoms with E-state index in [-0.39, 0.29) is 17.5 Å². The number of carbonyl (C=O) groups excluding carboxylic acids is 2. The van der Waals surface area contributed by atoms with Gasteiger partial charge in [-0.1, -0.05) is 11.6 Å². The molecule has 0 aromatic carbocycles. The molecule has 0 radical (unpaired) electrons.